The van der Waals surface area contributed by atoms with Crippen molar-refractivity contribution >= 4 is 16.9 Å². The molecule has 0 bridgehead atoms. The second-order valence-corrected chi connectivity index (χ2v) is 6.81. The predicted molar refractivity (Wildman–Crippen MR) is 118 cm³/mol. The van der Waals surface area contributed by atoms with E-state index in [1.54, 1.807) is 33.5 Å². The van der Waals surface area contributed by atoms with Gasteiger partial charge >= 0.3 is 5.97 Å². The third-order valence-electron chi connectivity index (χ3n) is 5.12. The van der Waals surface area contributed by atoms with E-state index in [0.29, 0.717) is 33.8 Å². The molecule has 4 aromatic rings. The van der Waals surface area contributed by atoms with E-state index in [9.17, 15) is 4.79 Å². The fourth-order valence-corrected chi connectivity index (χ4v) is 3.59. The van der Waals surface area contributed by atoms with Gasteiger partial charge in [0.05, 0.1) is 34.0 Å². The SMILES string of the molecule is COC(=O)c1cc(OC)cc2oc(-c3ccc(OC)cc3)c(-c3cccc(OC)c3)c12. The monoisotopic (exact) mass is 418 g/mol. The van der Waals surface area contributed by atoms with Crippen molar-refractivity contribution in [3.05, 3.63) is 66.2 Å². The molecular formula is C25H22O6. The van der Waals surface area contributed by atoms with Crippen LogP contribution in [0.5, 0.6) is 17.2 Å². The summed E-state index contributed by atoms with van der Waals surface area (Å²) < 4.78 is 27.4. The molecule has 0 radical (unpaired) electrons. The van der Waals surface area contributed by atoms with Gasteiger partial charge in [-0.15, -0.1) is 0 Å². The topological polar surface area (TPSA) is 67.1 Å². The highest BCUT2D eigenvalue weighted by atomic mass is 16.5. The van der Waals surface area contributed by atoms with E-state index < -0.39 is 5.97 Å². The average molecular weight is 418 g/mol. The zero-order valence-electron chi connectivity index (χ0n) is 17.7. The van der Waals surface area contributed by atoms with Crippen LogP contribution in [-0.4, -0.2) is 34.4 Å². The number of methoxy groups -OCH3 is 4. The maximum absolute atomic E-state index is 12.7. The number of benzene rings is 3. The normalized spacial score (nSPS) is 10.7. The smallest absolute Gasteiger partial charge is 0.338 e. The van der Waals surface area contributed by atoms with Gasteiger partial charge in [-0.2, -0.15) is 0 Å². The predicted octanol–water partition coefficient (Wildman–Crippen LogP) is 5.58. The zero-order valence-corrected chi connectivity index (χ0v) is 17.7. The Balaban J connectivity index is 2.09. The summed E-state index contributed by atoms with van der Waals surface area (Å²) in [6, 6.07) is 18.6. The molecule has 1 heterocycles. The minimum Gasteiger partial charge on any atom is -0.497 e. The Morgan fingerprint density at radius 3 is 2.10 bits per heavy atom. The van der Waals surface area contributed by atoms with Gasteiger partial charge in [0.2, 0.25) is 0 Å². The van der Waals surface area contributed by atoms with Crippen LogP contribution in [-0.2, 0) is 4.74 Å². The molecule has 0 aliphatic carbocycles. The number of rotatable bonds is 6. The number of esters is 1. The summed E-state index contributed by atoms with van der Waals surface area (Å²) in [7, 11) is 6.12. The van der Waals surface area contributed by atoms with Crippen LogP contribution in [0.2, 0.25) is 0 Å². The first-order valence-corrected chi connectivity index (χ1v) is 9.61. The van der Waals surface area contributed by atoms with Crippen LogP contribution in [0.25, 0.3) is 33.4 Å². The van der Waals surface area contributed by atoms with E-state index >= 15 is 0 Å². The molecule has 3 aromatic carbocycles. The highest BCUT2D eigenvalue weighted by molar-refractivity contribution is 6.13. The molecule has 6 nitrogen and oxygen atoms in total. The average Bonchev–Trinajstić information content (AvgIpc) is 3.22. The fraction of sp³-hybridized carbons (Fsp3) is 0.160. The third-order valence-corrected chi connectivity index (χ3v) is 5.12. The van der Waals surface area contributed by atoms with E-state index in [1.807, 2.05) is 48.5 Å². The number of carbonyl (C=O) groups excluding carboxylic acids is 1. The molecule has 0 unspecified atom stereocenters. The largest absolute Gasteiger partial charge is 0.497 e. The summed E-state index contributed by atoms with van der Waals surface area (Å²) in [5.41, 5.74) is 3.33. The molecule has 0 amide bonds. The molecule has 158 valence electrons. The molecule has 0 N–H and O–H groups in total. The maximum atomic E-state index is 12.7. The molecule has 31 heavy (non-hydrogen) atoms. The van der Waals surface area contributed by atoms with Crippen molar-refractivity contribution in [1.82, 2.24) is 0 Å². The van der Waals surface area contributed by atoms with Gasteiger partial charge in [0.25, 0.3) is 0 Å². The first-order valence-electron chi connectivity index (χ1n) is 9.61. The highest BCUT2D eigenvalue weighted by Crippen LogP contribution is 2.44. The number of furan rings is 1. The van der Waals surface area contributed by atoms with Crippen molar-refractivity contribution in [3.8, 4) is 39.7 Å². The lowest BCUT2D eigenvalue weighted by molar-refractivity contribution is 0.0602. The Morgan fingerprint density at radius 1 is 0.742 bits per heavy atom. The van der Waals surface area contributed by atoms with Gasteiger partial charge in [0.15, 0.2) is 0 Å². The Morgan fingerprint density at radius 2 is 1.45 bits per heavy atom. The van der Waals surface area contributed by atoms with Gasteiger partial charge in [-0.05, 0) is 48.0 Å². The Kier molecular flexibility index (Phi) is 5.54. The zero-order chi connectivity index (χ0) is 22.0. The number of hydrogen-bond acceptors (Lipinski definition) is 6. The Bertz CT molecular complexity index is 1240. The van der Waals surface area contributed by atoms with Crippen molar-refractivity contribution in [3.63, 3.8) is 0 Å². The van der Waals surface area contributed by atoms with E-state index in [1.165, 1.54) is 7.11 Å². The summed E-state index contributed by atoms with van der Waals surface area (Å²) in [6.45, 7) is 0. The molecule has 6 heteroatoms. The lowest BCUT2D eigenvalue weighted by Crippen LogP contribution is -2.02. The van der Waals surface area contributed by atoms with Crippen LogP contribution >= 0.6 is 0 Å². The van der Waals surface area contributed by atoms with Crippen LogP contribution in [0.3, 0.4) is 0 Å². The molecule has 0 fully saturated rings. The second kappa shape index (κ2) is 8.44. The van der Waals surface area contributed by atoms with Crippen molar-refractivity contribution in [1.29, 1.82) is 0 Å². The van der Waals surface area contributed by atoms with Crippen molar-refractivity contribution < 1.29 is 28.2 Å². The van der Waals surface area contributed by atoms with Gasteiger partial charge in [-0.1, -0.05) is 12.1 Å². The third kappa shape index (κ3) is 3.68. The quantitative estimate of drug-likeness (QED) is 0.381. The summed E-state index contributed by atoms with van der Waals surface area (Å²) in [5.74, 6) is 2.07. The minimum atomic E-state index is -0.477. The highest BCUT2D eigenvalue weighted by Gasteiger charge is 2.25. The standard InChI is InChI=1S/C25H22O6/c1-27-17-10-8-15(9-11-17)24-22(16-6-5-7-18(12-16)28-2)23-20(25(26)30-4)13-19(29-3)14-21(23)31-24/h5-14H,1-4H3. The van der Waals surface area contributed by atoms with Gasteiger partial charge in [0, 0.05) is 22.6 Å². The summed E-state index contributed by atoms with van der Waals surface area (Å²) in [6.07, 6.45) is 0. The molecule has 4 rings (SSSR count). The molecule has 0 aliphatic heterocycles. The number of hydrogen-bond donors (Lipinski definition) is 0. The summed E-state index contributed by atoms with van der Waals surface area (Å²) >= 11 is 0. The second-order valence-electron chi connectivity index (χ2n) is 6.81. The Labute approximate surface area is 179 Å². The van der Waals surface area contributed by atoms with E-state index in [2.05, 4.69) is 0 Å². The molecule has 0 saturated heterocycles. The van der Waals surface area contributed by atoms with Crippen LogP contribution in [0.15, 0.2) is 65.1 Å². The molecule has 0 saturated carbocycles. The van der Waals surface area contributed by atoms with Crippen LogP contribution in [0, 0.1) is 0 Å². The van der Waals surface area contributed by atoms with E-state index in [4.69, 9.17) is 23.4 Å². The van der Waals surface area contributed by atoms with Crippen LogP contribution in [0.1, 0.15) is 10.4 Å². The van der Waals surface area contributed by atoms with Crippen molar-refractivity contribution in [2.75, 3.05) is 28.4 Å². The van der Waals surface area contributed by atoms with Gasteiger partial charge in [0.1, 0.15) is 28.6 Å². The first-order chi connectivity index (χ1) is 15.1. The minimum absolute atomic E-state index is 0.359. The lowest BCUT2D eigenvalue weighted by Gasteiger charge is -2.09. The fourth-order valence-electron chi connectivity index (χ4n) is 3.59. The number of ether oxygens (including phenoxy) is 4. The summed E-state index contributed by atoms with van der Waals surface area (Å²) in [5, 5.41) is 0.645. The van der Waals surface area contributed by atoms with Gasteiger partial charge in [-0.3, -0.25) is 0 Å². The maximum Gasteiger partial charge on any atom is 0.338 e. The molecule has 0 spiro atoms. The molecular weight excluding hydrogens is 396 g/mol. The summed E-state index contributed by atoms with van der Waals surface area (Å²) in [4.78, 5) is 12.7. The van der Waals surface area contributed by atoms with E-state index in [-0.39, 0.29) is 0 Å². The number of carbonyl (C=O) groups is 1. The Hall–Kier alpha value is -3.93. The molecule has 1 aromatic heterocycles. The number of fused-ring (bicyclic) bond motifs is 1. The van der Waals surface area contributed by atoms with E-state index in [0.717, 1.165) is 22.4 Å². The van der Waals surface area contributed by atoms with Gasteiger partial charge < -0.3 is 23.4 Å². The van der Waals surface area contributed by atoms with Crippen molar-refractivity contribution in [2.24, 2.45) is 0 Å². The van der Waals surface area contributed by atoms with Crippen LogP contribution < -0.4 is 14.2 Å². The lowest BCUT2D eigenvalue weighted by atomic mass is 9.95. The molecule has 0 atom stereocenters. The first kappa shape index (κ1) is 20.3. The molecule has 0 aliphatic rings. The van der Waals surface area contributed by atoms with Crippen LogP contribution in [0.4, 0.5) is 0 Å². The van der Waals surface area contributed by atoms with Crippen molar-refractivity contribution in [2.45, 2.75) is 0 Å². The van der Waals surface area contributed by atoms with Gasteiger partial charge in [-0.25, -0.2) is 4.79 Å².